The van der Waals surface area contributed by atoms with Gasteiger partial charge >= 0.3 is 7.82 Å². The first-order chi connectivity index (χ1) is 19.9. The molecule has 0 spiro atoms. The molecule has 2 unspecified atom stereocenters. The lowest BCUT2D eigenvalue weighted by Crippen LogP contribution is -2.33. The van der Waals surface area contributed by atoms with Crippen LogP contribution in [0.1, 0.15) is 129 Å². The second-order valence-corrected chi connectivity index (χ2v) is 13.3. The minimum Gasteiger partial charge on any atom is -0.381 e. The molecule has 0 aliphatic carbocycles. The molecule has 0 saturated heterocycles. The Hall–Kier alpha value is -0.980. The highest BCUT2D eigenvalue weighted by atomic mass is 31.2. The number of ether oxygens (including phenoxy) is 1. The summed E-state index contributed by atoms with van der Waals surface area (Å²) in [6, 6.07) is 4.14. The van der Waals surface area contributed by atoms with E-state index >= 15 is 0 Å². The van der Waals surface area contributed by atoms with Crippen molar-refractivity contribution in [3.05, 3.63) is 24.5 Å². The Bertz CT molecular complexity index is 762. The maximum Gasteiger partial charge on any atom is 0.472 e. The van der Waals surface area contributed by atoms with E-state index in [-0.39, 0.29) is 19.1 Å². The van der Waals surface area contributed by atoms with Crippen LogP contribution in [0.5, 0.6) is 0 Å². The van der Waals surface area contributed by atoms with Crippen molar-refractivity contribution in [3.8, 4) is 0 Å². The minimum atomic E-state index is -4.04. The fourth-order valence-electron chi connectivity index (χ4n) is 4.98. The van der Waals surface area contributed by atoms with Gasteiger partial charge in [0, 0.05) is 50.9 Å². The molecular weight excluding hydrogens is 535 g/mol. The van der Waals surface area contributed by atoms with Crippen LogP contribution < -0.4 is 9.47 Å². The minimum absolute atomic E-state index is 0.109. The van der Waals surface area contributed by atoms with E-state index in [1.54, 1.807) is 0 Å². The number of nitrogens with zero attached hydrogens (tertiary/aromatic N) is 2. The molecule has 41 heavy (non-hydrogen) atoms. The third-order valence-electron chi connectivity index (χ3n) is 7.62. The van der Waals surface area contributed by atoms with Crippen LogP contribution in [0.25, 0.3) is 0 Å². The molecule has 1 rings (SSSR count). The Balaban J connectivity index is 2.02. The zero-order valence-electron chi connectivity index (χ0n) is 27.1. The number of hydrogen-bond acceptors (Lipinski definition) is 5. The van der Waals surface area contributed by atoms with Crippen LogP contribution in [0.3, 0.4) is 0 Å². The number of anilines is 1. The topological polar surface area (TPSA) is 72.1 Å². The number of pyridine rings is 1. The second-order valence-electron chi connectivity index (χ2n) is 11.8. The van der Waals surface area contributed by atoms with E-state index < -0.39 is 7.82 Å². The van der Waals surface area contributed by atoms with Crippen molar-refractivity contribution in [2.45, 2.75) is 136 Å². The number of aromatic nitrogens is 1. The van der Waals surface area contributed by atoms with Crippen molar-refractivity contribution in [1.82, 2.24) is 0 Å². The lowest BCUT2D eigenvalue weighted by molar-refractivity contribution is -0.697. The number of hydrogen-bond donors (Lipinski definition) is 1. The molecule has 240 valence electrons. The van der Waals surface area contributed by atoms with E-state index in [1.165, 1.54) is 83.5 Å². The Morgan fingerprint density at radius 1 is 0.732 bits per heavy atom. The number of phosphoric ester groups is 1. The number of rotatable bonds is 29. The van der Waals surface area contributed by atoms with Gasteiger partial charge in [0.2, 0.25) is 0 Å². The first kappa shape index (κ1) is 38.0. The van der Waals surface area contributed by atoms with Crippen molar-refractivity contribution in [1.29, 1.82) is 0 Å². The van der Waals surface area contributed by atoms with E-state index in [4.69, 9.17) is 13.8 Å². The van der Waals surface area contributed by atoms with Gasteiger partial charge in [-0.05, 0) is 19.3 Å². The van der Waals surface area contributed by atoms with Crippen LogP contribution in [0.2, 0.25) is 0 Å². The Morgan fingerprint density at radius 3 is 1.80 bits per heavy atom. The highest BCUT2D eigenvalue weighted by Gasteiger charge is 2.23. The number of aryl methyl sites for hydroxylation is 1. The van der Waals surface area contributed by atoms with Gasteiger partial charge in [0.05, 0.1) is 19.8 Å². The van der Waals surface area contributed by atoms with Crippen LogP contribution >= 0.6 is 7.82 Å². The first-order valence-corrected chi connectivity index (χ1v) is 18.2. The molecular formula is C33H64N2O5P+. The fourth-order valence-corrected chi connectivity index (χ4v) is 5.82. The maximum absolute atomic E-state index is 12.3. The van der Waals surface area contributed by atoms with Gasteiger partial charge in [-0.25, -0.2) is 9.13 Å². The Labute approximate surface area is 253 Å². The molecule has 0 bridgehead atoms. The monoisotopic (exact) mass is 599 g/mol. The normalized spacial score (nSPS) is 13.8. The molecule has 0 fully saturated rings. The van der Waals surface area contributed by atoms with Crippen LogP contribution in [0.4, 0.5) is 5.69 Å². The molecule has 1 aromatic heterocycles. The molecule has 0 radical (unpaired) electrons. The molecule has 0 aliphatic rings. The lowest BCUT2D eigenvalue weighted by Gasteiger charge is -2.19. The van der Waals surface area contributed by atoms with Crippen molar-refractivity contribution >= 4 is 13.5 Å². The van der Waals surface area contributed by atoms with Crippen LogP contribution in [0, 0.1) is 5.92 Å². The second kappa shape index (κ2) is 25.5. The van der Waals surface area contributed by atoms with E-state index in [0.29, 0.717) is 13.0 Å². The summed E-state index contributed by atoms with van der Waals surface area (Å²) in [5, 5.41) is 0. The van der Waals surface area contributed by atoms with Crippen LogP contribution in [-0.2, 0) is 24.9 Å². The summed E-state index contributed by atoms with van der Waals surface area (Å²) < 4.78 is 30.9. The summed E-state index contributed by atoms with van der Waals surface area (Å²) in [4.78, 5) is 12.2. The Kier molecular flexibility index (Phi) is 23.7. The zero-order valence-corrected chi connectivity index (χ0v) is 28.0. The molecule has 7 nitrogen and oxygen atoms in total. The third-order valence-corrected chi connectivity index (χ3v) is 8.61. The van der Waals surface area contributed by atoms with E-state index in [9.17, 15) is 9.46 Å². The summed E-state index contributed by atoms with van der Waals surface area (Å²) >= 11 is 0. The van der Waals surface area contributed by atoms with Gasteiger partial charge in [-0.1, -0.05) is 104 Å². The molecule has 1 aromatic rings. The predicted molar refractivity (Wildman–Crippen MR) is 171 cm³/mol. The number of unbranched alkanes of at least 4 members (excludes halogenated alkanes) is 14. The highest BCUT2D eigenvalue weighted by Crippen LogP contribution is 2.44. The van der Waals surface area contributed by atoms with Gasteiger partial charge in [-0.15, -0.1) is 0 Å². The first-order valence-electron chi connectivity index (χ1n) is 16.7. The maximum atomic E-state index is 12.3. The highest BCUT2D eigenvalue weighted by molar-refractivity contribution is 7.47. The van der Waals surface area contributed by atoms with Gasteiger partial charge in [-0.3, -0.25) is 9.05 Å². The van der Waals surface area contributed by atoms with Gasteiger partial charge < -0.3 is 14.5 Å². The molecule has 0 amide bonds. The lowest BCUT2D eigenvalue weighted by atomic mass is 10.0. The molecule has 2 atom stereocenters. The van der Waals surface area contributed by atoms with Crippen molar-refractivity contribution in [3.63, 3.8) is 0 Å². The summed E-state index contributed by atoms with van der Waals surface area (Å²) in [7, 11) is -0.00554. The van der Waals surface area contributed by atoms with E-state index in [2.05, 4.69) is 35.4 Å². The van der Waals surface area contributed by atoms with Crippen molar-refractivity contribution in [2.75, 3.05) is 45.4 Å². The van der Waals surface area contributed by atoms with Crippen molar-refractivity contribution < 1.29 is 27.8 Å². The molecule has 0 saturated carbocycles. The van der Waals surface area contributed by atoms with Gasteiger partial charge in [0.15, 0.2) is 12.4 Å². The molecule has 0 aromatic carbocycles. The molecule has 1 N–H and O–H groups in total. The summed E-state index contributed by atoms with van der Waals surface area (Å²) in [6.07, 6.45) is 26.4. The van der Waals surface area contributed by atoms with Crippen LogP contribution in [0.15, 0.2) is 24.5 Å². The smallest absolute Gasteiger partial charge is 0.381 e. The van der Waals surface area contributed by atoms with Crippen molar-refractivity contribution in [2.24, 2.45) is 5.92 Å². The summed E-state index contributed by atoms with van der Waals surface area (Å²) in [5.74, 6) is 0.109. The van der Waals surface area contributed by atoms with Gasteiger partial charge in [-0.2, -0.15) is 0 Å². The quantitative estimate of drug-likeness (QED) is 0.0563. The average molecular weight is 600 g/mol. The molecule has 8 heteroatoms. The SMILES string of the molecule is CCCCCCCCCCCCCCCCOCC(CCC)COP(=O)(O)OCCCC[n+]1ccc(N(C)C)cc1. The molecule has 0 aliphatic heterocycles. The Morgan fingerprint density at radius 2 is 1.27 bits per heavy atom. The molecule has 1 heterocycles. The predicted octanol–water partition coefficient (Wildman–Crippen LogP) is 8.87. The van der Waals surface area contributed by atoms with Crippen LogP contribution in [-0.4, -0.2) is 45.4 Å². The number of phosphoric acid groups is 1. The standard InChI is InChI=1S/C33H63N2O5P/c1-5-7-8-9-10-11-12-13-14-15-16-17-18-20-28-38-30-32(22-6-2)31-40-41(36,37)39-29-21-19-25-35-26-23-33(24-27-35)34(3)4/h23-24,26-27,32H,5-22,25,28-31H2,1-4H3/p+1. The largest absolute Gasteiger partial charge is 0.472 e. The van der Waals surface area contributed by atoms with Gasteiger partial charge in [0.1, 0.15) is 6.54 Å². The fraction of sp³-hybridized carbons (Fsp3) is 0.848. The third kappa shape index (κ3) is 22.3. The van der Waals surface area contributed by atoms with E-state index in [1.807, 2.05) is 26.5 Å². The average Bonchev–Trinajstić information content (AvgIpc) is 2.95. The zero-order chi connectivity index (χ0) is 30.0. The van der Waals surface area contributed by atoms with E-state index in [0.717, 1.165) is 44.5 Å². The van der Waals surface area contributed by atoms with Gasteiger partial charge in [0.25, 0.3) is 0 Å². The summed E-state index contributed by atoms with van der Waals surface area (Å²) in [5.41, 5.74) is 1.16. The summed E-state index contributed by atoms with van der Waals surface area (Å²) in [6.45, 7) is 6.94.